The molecule has 0 aliphatic carbocycles. The molecular weight excluding hydrogens is 453 g/mol. The molecule has 3 aromatic heterocycles. The van der Waals surface area contributed by atoms with E-state index in [9.17, 15) is 14.7 Å². The number of hydrogen-bond donors (Lipinski definition) is 3. The van der Waals surface area contributed by atoms with E-state index >= 15 is 4.39 Å². The number of carboxylic acid groups (broad SMARTS) is 1. The lowest BCUT2D eigenvalue weighted by molar-refractivity contribution is 0.102. The van der Waals surface area contributed by atoms with Gasteiger partial charge in [-0.1, -0.05) is 6.07 Å². The molecule has 1 aliphatic heterocycles. The van der Waals surface area contributed by atoms with Gasteiger partial charge in [0.2, 0.25) is 0 Å². The number of anilines is 2. The van der Waals surface area contributed by atoms with E-state index in [0.717, 1.165) is 12.5 Å². The molecule has 1 atom stereocenters. The van der Waals surface area contributed by atoms with E-state index in [4.69, 9.17) is 5.73 Å². The van der Waals surface area contributed by atoms with Crippen molar-refractivity contribution >= 4 is 34.5 Å². The van der Waals surface area contributed by atoms with Crippen LogP contribution in [0.15, 0.2) is 54.9 Å². The highest BCUT2D eigenvalue weighted by Crippen LogP contribution is 2.36. The quantitative estimate of drug-likeness (QED) is 0.408. The van der Waals surface area contributed by atoms with Crippen molar-refractivity contribution in [3.05, 3.63) is 66.2 Å². The number of likely N-dealkylation sites (tertiary alicyclic amines) is 1. The zero-order chi connectivity index (χ0) is 24.5. The van der Waals surface area contributed by atoms with Gasteiger partial charge in [0.1, 0.15) is 23.1 Å². The molecule has 1 saturated heterocycles. The average molecular weight is 475 g/mol. The molecule has 178 valence electrons. The molecule has 4 aromatic rings. The summed E-state index contributed by atoms with van der Waals surface area (Å²) in [4.78, 5) is 33.6. The second-order valence-electron chi connectivity index (χ2n) is 8.27. The standard InChI is InChI=1S/C24H22FN7O3/c25-17-12-14(23(33)29-19-5-1-2-9-27-19)6-7-16(17)21-20-18(8-10-28-22(20)26)32(30-21)15-4-3-11-31(13-15)24(34)35/h1-2,5-10,12,15H,3-4,11,13H2,(H2,26,28)(H,34,35)(H,27,29,33)/t15-/m1/s1. The number of halogens is 1. The van der Waals surface area contributed by atoms with Crippen LogP contribution in [0.3, 0.4) is 0 Å². The summed E-state index contributed by atoms with van der Waals surface area (Å²) in [6.07, 6.45) is 3.50. The van der Waals surface area contributed by atoms with Gasteiger partial charge in [0.15, 0.2) is 0 Å². The topological polar surface area (TPSA) is 139 Å². The first-order valence-corrected chi connectivity index (χ1v) is 11.0. The molecule has 4 N–H and O–H groups in total. The molecule has 10 nitrogen and oxygen atoms in total. The molecule has 11 heteroatoms. The normalized spacial score (nSPS) is 15.8. The molecular formula is C24H22FN7O3. The Kier molecular flexibility index (Phi) is 5.73. The number of carbonyl (C=O) groups excluding carboxylic acids is 1. The summed E-state index contributed by atoms with van der Waals surface area (Å²) in [6, 6.07) is 10.7. The van der Waals surface area contributed by atoms with Gasteiger partial charge in [-0.25, -0.2) is 19.2 Å². The first-order valence-electron chi connectivity index (χ1n) is 11.0. The third kappa shape index (κ3) is 4.23. The Morgan fingerprint density at radius 1 is 1.14 bits per heavy atom. The van der Waals surface area contributed by atoms with Crippen molar-refractivity contribution in [2.24, 2.45) is 0 Å². The van der Waals surface area contributed by atoms with Crippen molar-refractivity contribution in [2.75, 3.05) is 24.1 Å². The summed E-state index contributed by atoms with van der Waals surface area (Å²) in [5.41, 5.74) is 7.37. The molecule has 0 unspecified atom stereocenters. The van der Waals surface area contributed by atoms with E-state index in [0.29, 0.717) is 29.7 Å². The number of carbonyl (C=O) groups is 2. The lowest BCUT2D eigenvalue weighted by atomic mass is 10.0. The van der Waals surface area contributed by atoms with Crippen molar-refractivity contribution < 1.29 is 19.1 Å². The van der Waals surface area contributed by atoms with Gasteiger partial charge < -0.3 is 21.1 Å². The Balaban J connectivity index is 1.52. The molecule has 4 heterocycles. The first kappa shape index (κ1) is 22.3. The number of piperidine rings is 1. The second-order valence-corrected chi connectivity index (χ2v) is 8.27. The van der Waals surface area contributed by atoms with E-state index in [1.807, 2.05) is 0 Å². The van der Waals surface area contributed by atoms with Crippen molar-refractivity contribution in [1.82, 2.24) is 24.6 Å². The van der Waals surface area contributed by atoms with Crippen molar-refractivity contribution in [3.63, 3.8) is 0 Å². The van der Waals surface area contributed by atoms with E-state index in [-0.39, 0.29) is 35.2 Å². The number of rotatable bonds is 4. The summed E-state index contributed by atoms with van der Waals surface area (Å²) in [6.45, 7) is 0.723. The number of benzene rings is 1. The largest absolute Gasteiger partial charge is 0.465 e. The molecule has 1 fully saturated rings. The minimum Gasteiger partial charge on any atom is -0.465 e. The van der Waals surface area contributed by atoms with Gasteiger partial charge in [-0.05, 0) is 49.2 Å². The second kappa shape index (κ2) is 9.01. The number of nitrogens with two attached hydrogens (primary N) is 1. The summed E-state index contributed by atoms with van der Waals surface area (Å²) < 4.78 is 17.0. The number of nitrogens with one attached hydrogen (secondary N) is 1. The van der Waals surface area contributed by atoms with Gasteiger partial charge in [0.25, 0.3) is 5.91 Å². The van der Waals surface area contributed by atoms with Gasteiger partial charge in [-0.3, -0.25) is 9.48 Å². The van der Waals surface area contributed by atoms with Crippen molar-refractivity contribution in [3.8, 4) is 11.3 Å². The smallest absolute Gasteiger partial charge is 0.407 e. The lowest BCUT2D eigenvalue weighted by Crippen LogP contribution is -2.40. The summed E-state index contributed by atoms with van der Waals surface area (Å²) in [5, 5.41) is 17.2. The third-order valence-corrected chi connectivity index (χ3v) is 6.06. The van der Waals surface area contributed by atoms with Crippen LogP contribution < -0.4 is 11.1 Å². The van der Waals surface area contributed by atoms with Crippen LogP contribution in [0.5, 0.6) is 0 Å². The van der Waals surface area contributed by atoms with Gasteiger partial charge in [0.05, 0.1) is 16.9 Å². The number of amides is 2. The summed E-state index contributed by atoms with van der Waals surface area (Å²) in [5.74, 6) is -0.606. The zero-order valence-corrected chi connectivity index (χ0v) is 18.6. The molecule has 2 amide bonds. The fourth-order valence-electron chi connectivity index (χ4n) is 4.38. The van der Waals surface area contributed by atoms with Gasteiger partial charge >= 0.3 is 6.09 Å². The van der Waals surface area contributed by atoms with Gasteiger partial charge in [0, 0.05) is 36.6 Å². The summed E-state index contributed by atoms with van der Waals surface area (Å²) in [7, 11) is 0. The van der Waals surface area contributed by atoms with Crippen LogP contribution in [-0.4, -0.2) is 54.8 Å². The Hall–Kier alpha value is -4.54. The number of aromatic nitrogens is 4. The molecule has 5 rings (SSSR count). The Labute approximate surface area is 199 Å². The average Bonchev–Trinajstić information content (AvgIpc) is 3.25. The summed E-state index contributed by atoms with van der Waals surface area (Å²) >= 11 is 0. The highest BCUT2D eigenvalue weighted by molar-refractivity contribution is 6.05. The molecule has 0 spiro atoms. The molecule has 0 bridgehead atoms. The maximum Gasteiger partial charge on any atom is 0.407 e. The number of pyridine rings is 2. The van der Waals surface area contributed by atoms with Crippen LogP contribution in [-0.2, 0) is 0 Å². The Morgan fingerprint density at radius 3 is 2.74 bits per heavy atom. The highest BCUT2D eigenvalue weighted by atomic mass is 19.1. The number of hydrogen-bond acceptors (Lipinski definition) is 6. The van der Waals surface area contributed by atoms with Crippen molar-refractivity contribution in [2.45, 2.75) is 18.9 Å². The first-order chi connectivity index (χ1) is 16.9. The predicted octanol–water partition coefficient (Wildman–Crippen LogP) is 3.78. The Bertz CT molecular complexity index is 1420. The van der Waals surface area contributed by atoms with Crippen LogP contribution in [0.4, 0.5) is 20.8 Å². The molecule has 35 heavy (non-hydrogen) atoms. The zero-order valence-electron chi connectivity index (χ0n) is 18.6. The van der Waals surface area contributed by atoms with Crippen LogP contribution in [0.1, 0.15) is 29.2 Å². The van der Waals surface area contributed by atoms with Gasteiger partial charge in [-0.2, -0.15) is 5.10 Å². The minimum atomic E-state index is -0.988. The highest BCUT2D eigenvalue weighted by Gasteiger charge is 2.28. The maximum absolute atomic E-state index is 15.3. The van der Waals surface area contributed by atoms with Crippen LogP contribution in [0.25, 0.3) is 22.2 Å². The molecule has 0 radical (unpaired) electrons. The SMILES string of the molecule is Nc1nccc2c1c(-c1ccc(C(=O)Nc3ccccn3)cc1F)nn2[C@@H]1CCCN(C(=O)O)C1. The maximum atomic E-state index is 15.3. The number of nitrogens with zero attached hydrogens (tertiary/aromatic N) is 5. The van der Waals surface area contributed by atoms with Gasteiger partial charge in [-0.15, -0.1) is 0 Å². The van der Waals surface area contributed by atoms with Crippen LogP contribution >= 0.6 is 0 Å². The Morgan fingerprint density at radius 2 is 2.00 bits per heavy atom. The monoisotopic (exact) mass is 475 g/mol. The lowest BCUT2D eigenvalue weighted by Gasteiger charge is -2.31. The van der Waals surface area contributed by atoms with E-state index < -0.39 is 17.8 Å². The van der Waals surface area contributed by atoms with E-state index in [2.05, 4.69) is 20.4 Å². The number of fused-ring (bicyclic) bond motifs is 1. The molecule has 0 saturated carbocycles. The predicted molar refractivity (Wildman–Crippen MR) is 127 cm³/mol. The third-order valence-electron chi connectivity index (χ3n) is 6.06. The fourth-order valence-corrected chi connectivity index (χ4v) is 4.38. The number of nitrogen functional groups attached to an aromatic ring is 1. The van der Waals surface area contributed by atoms with E-state index in [1.54, 1.807) is 41.3 Å². The minimum absolute atomic E-state index is 0.121. The van der Waals surface area contributed by atoms with Crippen LogP contribution in [0, 0.1) is 5.82 Å². The van der Waals surface area contributed by atoms with Crippen molar-refractivity contribution in [1.29, 1.82) is 0 Å². The fraction of sp³-hybridized carbons (Fsp3) is 0.208. The molecule has 1 aliphatic rings. The van der Waals surface area contributed by atoms with E-state index in [1.165, 1.54) is 17.0 Å². The van der Waals surface area contributed by atoms with Crippen LogP contribution in [0.2, 0.25) is 0 Å². The molecule has 1 aromatic carbocycles.